The van der Waals surface area contributed by atoms with Gasteiger partial charge in [0.05, 0.1) is 21.8 Å². The monoisotopic (exact) mass is 352 g/mol. The van der Waals surface area contributed by atoms with Crippen molar-refractivity contribution in [2.75, 3.05) is 0 Å². The molecule has 2 aromatic carbocycles. The molecule has 0 aliphatic carbocycles. The number of carbonyl (C=O) groups is 1. The lowest BCUT2D eigenvalue weighted by Gasteiger charge is -2.17. The molecule has 1 aromatic heterocycles. The molecule has 1 atom stereocenters. The summed E-state index contributed by atoms with van der Waals surface area (Å²) >= 11 is 1.32. The molecule has 5 heteroatoms. The summed E-state index contributed by atoms with van der Waals surface area (Å²) in [7, 11) is 0. The van der Waals surface area contributed by atoms with E-state index < -0.39 is 0 Å². The Bertz CT molecular complexity index is 1020. The standard InChI is InChI=1S/C20H20N2O2S/c1-12-9-10-18(13(2)11-12)22-19(24)16-7-5-6-8-17(16)21-20(22)25-15(4)14(3)23/h5-11,15H,1-4H3. The van der Waals surface area contributed by atoms with Gasteiger partial charge < -0.3 is 0 Å². The molecule has 0 radical (unpaired) electrons. The lowest BCUT2D eigenvalue weighted by Crippen LogP contribution is -2.24. The summed E-state index contributed by atoms with van der Waals surface area (Å²) < 4.78 is 1.63. The van der Waals surface area contributed by atoms with Gasteiger partial charge >= 0.3 is 0 Å². The van der Waals surface area contributed by atoms with Gasteiger partial charge in [0.25, 0.3) is 5.56 Å². The molecule has 1 unspecified atom stereocenters. The minimum Gasteiger partial charge on any atom is -0.299 e. The molecule has 25 heavy (non-hydrogen) atoms. The van der Waals surface area contributed by atoms with Crippen molar-refractivity contribution in [2.45, 2.75) is 38.1 Å². The van der Waals surface area contributed by atoms with Gasteiger partial charge in [-0.15, -0.1) is 0 Å². The van der Waals surface area contributed by atoms with E-state index in [4.69, 9.17) is 0 Å². The number of para-hydroxylation sites is 1. The van der Waals surface area contributed by atoms with E-state index in [1.807, 2.05) is 57.2 Å². The first-order valence-corrected chi connectivity index (χ1v) is 9.03. The van der Waals surface area contributed by atoms with Crippen molar-refractivity contribution in [1.29, 1.82) is 0 Å². The molecular weight excluding hydrogens is 332 g/mol. The summed E-state index contributed by atoms with van der Waals surface area (Å²) in [6, 6.07) is 13.3. The van der Waals surface area contributed by atoms with E-state index >= 15 is 0 Å². The lowest BCUT2D eigenvalue weighted by molar-refractivity contribution is -0.116. The highest BCUT2D eigenvalue weighted by Gasteiger charge is 2.18. The zero-order chi connectivity index (χ0) is 18.1. The van der Waals surface area contributed by atoms with Gasteiger partial charge in [-0.2, -0.15) is 0 Å². The van der Waals surface area contributed by atoms with Crippen molar-refractivity contribution in [1.82, 2.24) is 9.55 Å². The van der Waals surface area contributed by atoms with Crippen LogP contribution in [0.1, 0.15) is 25.0 Å². The molecule has 128 valence electrons. The van der Waals surface area contributed by atoms with Crippen LogP contribution in [-0.2, 0) is 4.79 Å². The van der Waals surface area contributed by atoms with Crippen LogP contribution in [-0.4, -0.2) is 20.6 Å². The van der Waals surface area contributed by atoms with Crippen LogP contribution in [0.15, 0.2) is 52.4 Å². The number of aryl methyl sites for hydroxylation is 2. The first kappa shape index (κ1) is 17.4. The average molecular weight is 352 g/mol. The highest BCUT2D eigenvalue weighted by atomic mass is 32.2. The van der Waals surface area contributed by atoms with Gasteiger partial charge in [-0.1, -0.05) is 41.6 Å². The Kier molecular flexibility index (Phi) is 4.77. The maximum absolute atomic E-state index is 13.2. The molecule has 0 amide bonds. The number of Topliss-reactive ketones (excluding diaryl/α,β-unsaturated/α-hetero) is 1. The van der Waals surface area contributed by atoms with Gasteiger partial charge in [-0.25, -0.2) is 4.98 Å². The fourth-order valence-corrected chi connectivity index (χ4v) is 3.62. The number of benzene rings is 2. The normalized spacial score (nSPS) is 12.3. The maximum atomic E-state index is 13.2. The number of carbonyl (C=O) groups excluding carboxylic acids is 1. The summed E-state index contributed by atoms with van der Waals surface area (Å²) in [5, 5.41) is 0.839. The van der Waals surface area contributed by atoms with Crippen LogP contribution >= 0.6 is 11.8 Å². The Hall–Kier alpha value is -2.40. The Morgan fingerprint density at radius 2 is 1.88 bits per heavy atom. The van der Waals surface area contributed by atoms with Crippen LogP contribution in [0.3, 0.4) is 0 Å². The quantitative estimate of drug-likeness (QED) is 0.525. The second-order valence-electron chi connectivity index (χ2n) is 6.21. The molecule has 3 aromatic rings. The van der Waals surface area contributed by atoms with Gasteiger partial charge in [0.1, 0.15) is 5.78 Å². The second kappa shape index (κ2) is 6.84. The van der Waals surface area contributed by atoms with E-state index in [1.54, 1.807) is 17.6 Å². The number of nitrogens with zero attached hydrogens (tertiary/aromatic N) is 2. The summed E-state index contributed by atoms with van der Waals surface area (Å²) in [5.74, 6) is 0.0552. The van der Waals surface area contributed by atoms with Crippen molar-refractivity contribution in [3.8, 4) is 5.69 Å². The summed E-state index contributed by atoms with van der Waals surface area (Å²) in [5.41, 5.74) is 3.46. The van der Waals surface area contributed by atoms with Crippen molar-refractivity contribution in [3.05, 3.63) is 63.9 Å². The molecule has 0 bridgehead atoms. The van der Waals surface area contributed by atoms with Gasteiger partial charge in [0.15, 0.2) is 5.16 Å². The highest BCUT2D eigenvalue weighted by molar-refractivity contribution is 8.00. The second-order valence-corrected chi connectivity index (χ2v) is 7.52. The summed E-state index contributed by atoms with van der Waals surface area (Å²) in [4.78, 5) is 29.6. The lowest BCUT2D eigenvalue weighted by atomic mass is 10.1. The van der Waals surface area contributed by atoms with Gasteiger partial charge in [-0.3, -0.25) is 14.2 Å². The number of hydrogen-bond acceptors (Lipinski definition) is 4. The number of thioether (sulfide) groups is 1. The third-order valence-electron chi connectivity index (χ3n) is 4.19. The molecule has 0 fully saturated rings. The van der Waals surface area contributed by atoms with Crippen molar-refractivity contribution in [3.63, 3.8) is 0 Å². The van der Waals surface area contributed by atoms with Crippen molar-refractivity contribution >= 4 is 28.4 Å². The molecule has 4 nitrogen and oxygen atoms in total. The van der Waals surface area contributed by atoms with Crippen LogP contribution in [0.4, 0.5) is 0 Å². The third-order valence-corrected chi connectivity index (χ3v) is 5.36. The topological polar surface area (TPSA) is 52.0 Å². The number of fused-ring (bicyclic) bond motifs is 1. The van der Waals surface area contributed by atoms with Gasteiger partial charge in [0.2, 0.25) is 0 Å². The third kappa shape index (κ3) is 3.37. The molecule has 0 saturated carbocycles. The van der Waals surface area contributed by atoms with Crippen LogP contribution in [0.5, 0.6) is 0 Å². The van der Waals surface area contributed by atoms with E-state index in [0.29, 0.717) is 16.1 Å². The zero-order valence-corrected chi connectivity index (χ0v) is 15.6. The van der Waals surface area contributed by atoms with E-state index in [9.17, 15) is 9.59 Å². The van der Waals surface area contributed by atoms with Crippen molar-refractivity contribution in [2.24, 2.45) is 0 Å². The summed E-state index contributed by atoms with van der Waals surface area (Å²) in [6.07, 6.45) is 0. The number of ketones is 1. The van der Waals surface area contributed by atoms with Crippen LogP contribution in [0.2, 0.25) is 0 Å². The number of rotatable bonds is 4. The predicted octanol–water partition coefficient (Wildman–Crippen LogP) is 4.07. The molecule has 0 aliphatic heterocycles. The first-order valence-electron chi connectivity index (χ1n) is 8.15. The minimum absolute atomic E-state index is 0.0552. The minimum atomic E-state index is -0.273. The molecule has 0 aliphatic rings. The summed E-state index contributed by atoms with van der Waals surface area (Å²) in [6.45, 7) is 7.39. The largest absolute Gasteiger partial charge is 0.299 e. The molecule has 0 saturated heterocycles. The predicted molar refractivity (Wildman–Crippen MR) is 103 cm³/mol. The van der Waals surface area contributed by atoms with E-state index in [-0.39, 0.29) is 16.6 Å². The Morgan fingerprint density at radius 1 is 1.16 bits per heavy atom. The fraction of sp³-hybridized carbons (Fsp3) is 0.250. The van der Waals surface area contributed by atoms with Crippen LogP contribution < -0.4 is 5.56 Å². The average Bonchev–Trinajstić information content (AvgIpc) is 2.56. The molecular formula is C20H20N2O2S. The van der Waals surface area contributed by atoms with E-state index in [2.05, 4.69) is 4.98 Å². The fourth-order valence-electron chi connectivity index (χ4n) is 2.70. The Morgan fingerprint density at radius 3 is 2.56 bits per heavy atom. The Labute approximate surface area is 150 Å². The smallest absolute Gasteiger partial charge is 0.266 e. The van der Waals surface area contributed by atoms with Gasteiger partial charge in [-0.05, 0) is 51.5 Å². The molecule has 0 N–H and O–H groups in total. The molecule has 3 rings (SSSR count). The zero-order valence-electron chi connectivity index (χ0n) is 14.7. The first-order chi connectivity index (χ1) is 11.9. The SMILES string of the molecule is CC(=O)C(C)Sc1nc2ccccc2c(=O)n1-c1ccc(C)cc1C. The van der Waals surface area contributed by atoms with E-state index in [1.165, 1.54) is 11.8 Å². The Balaban J connectivity index is 2.32. The number of aromatic nitrogens is 2. The molecule has 0 spiro atoms. The van der Waals surface area contributed by atoms with Crippen LogP contribution in [0.25, 0.3) is 16.6 Å². The van der Waals surface area contributed by atoms with Crippen LogP contribution in [0, 0.1) is 13.8 Å². The van der Waals surface area contributed by atoms with Crippen molar-refractivity contribution < 1.29 is 4.79 Å². The van der Waals surface area contributed by atoms with Gasteiger partial charge in [0, 0.05) is 0 Å². The molecule has 1 heterocycles. The highest BCUT2D eigenvalue weighted by Crippen LogP contribution is 2.26. The number of hydrogen-bond donors (Lipinski definition) is 0. The van der Waals surface area contributed by atoms with E-state index in [0.717, 1.165) is 16.8 Å². The maximum Gasteiger partial charge on any atom is 0.266 e.